The zero-order valence-electron chi connectivity index (χ0n) is 14.7. The summed E-state index contributed by atoms with van der Waals surface area (Å²) in [6.45, 7) is 6.54. The molecule has 1 rings (SSSR count). The third kappa shape index (κ3) is 4.92. The lowest BCUT2D eigenvalue weighted by atomic mass is 10.2. The molecule has 0 radical (unpaired) electrons. The maximum atomic E-state index is 13.4. The van der Waals surface area contributed by atoms with E-state index in [1.54, 1.807) is 0 Å². The predicted octanol–water partition coefficient (Wildman–Crippen LogP) is 5.13. The van der Waals surface area contributed by atoms with Crippen LogP contribution in [0.15, 0.2) is 24.3 Å². The third-order valence-corrected chi connectivity index (χ3v) is 9.70. The van der Waals surface area contributed by atoms with E-state index in [0.717, 1.165) is 3.57 Å². The number of halogens is 1. The SMILES string of the molecule is CCOP(OCC)(OCC)=C(c1ccccc1I)P(=O)(OC)OC. The molecule has 9 heteroatoms. The first kappa shape index (κ1) is 22.3. The molecule has 0 fully saturated rings. The Kier molecular flexibility index (Phi) is 9.70. The Labute approximate surface area is 158 Å². The molecule has 0 aliphatic heterocycles. The molecule has 1 aromatic carbocycles. The molecule has 0 amide bonds. The Morgan fingerprint density at radius 3 is 1.79 bits per heavy atom. The van der Waals surface area contributed by atoms with Gasteiger partial charge in [0.15, 0.2) is 0 Å². The van der Waals surface area contributed by atoms with Crippen LogP contribution in [0.1, 0.15) is 26.3 Å². The van der Waals surface area contributed by atoms with Crippen molar-refractivity contribution in [2.75, 3.05) is 34.0 Å². The molecule has 0 N–H and O–H groups in total. The summed E-state index contributed by atoms with van der Waals surface area (Å²) in [5.41, 5.74) is 0.689. The molecule has 0 saturated carbocycles. The first-order chi connectivity index (χ1) is 11.4. The number of rotatable bonds is 10. The van der Waals surface area contributed by atoms with E-state index in [9.17, 15) is 4.57 Å². The lowest BCUT2D eigenvalue weighted by Gasteiger charge is -2.31. The lowest BCUT2D eigenvalue weighted by molar-refractivity contribution is 0.170. The summed E-state index contributed by atoms with van der Waals surface area (Å²) in [5, 5.41) is 0.315. The van der Waals surface area contributed by atoms with Crippen molar-refractivity contribution in [3.8, 4) is 0 Å². The van der Waals surface area contributed by atoms with Crippen LogP contribution in [-0.2, 0) is 27.2 Å². The normalized spacial score (nSPS) is 12.4. The van der Waals surface area contributed by atoms with E-state index in [-0.39, 0.29) is 0 Å². The van der Waals surface area contributed by atoms with Crippen LogP contribution < -0.4 is 0 Å². The molecule has 0 heterocycles. The van der Waals surface area contributed by atoms with Crippen LogP contribution in [-0.4, -0.2) is 39.1 Å². The van der Waals surface area contributed by atoms with Gasteiger partial charge < -0.3 is 22.6 Å². The van der Waals surface area contributed by atoms with E-state index >= 15 is 0 Å². The number of benzene rings is 1. The Bertz CT molecular complexity index is 602. The molecular formula is C15H25IO6P2. The molecule has 0 aliphatic rings. The van der Waals surface area contributed by atoms with Crippen molar-refractivity contribution in [1.29, 1.82) is 0 Å². The smallest absolute Gasteiger partial charge is 0.317 e. The van der Waals surface area contributed by atoms with Gasteiger partial charge in [0.2, 0.25) is 0 Å². The average molecular weight is 490 g/mol. The molecule has 24 heavy (non-hydrogen) atoms. The van der Waals surface area contributed by atoms with Crippen molar-refractivity contribution in [2.45, 2.75) is 20.8 Å². The van der Waals surface area contributed by atoms with Crippen LogP contribution in [0.4, 0.5) is 0 Å². The summed E-state index contributed by atoms with van der Waals surface area (Å²) >= 11 is 2.17. The maximum Gasteiger partial charge on any atom is 0.368 e. The van der Waals surface area contributed by atoms with Crippen molar-refractivity contribution >= 4 is 42.8 Å². The van der Waals surface area contributed by atoms with Crippen LogP contribution in [0.5, 0.6) is 0 Å². The van der Waals surface area contributed by atoms with E-state index < -0.39 is 15.2 Å². The molecular weight excluding hydrogens is 465 g/mol. The highest BCUT2D eigenvalue weighted by molar-refractivity contribution is 14.1. The number of hydrogen-bond acceptors (Lipinski definition) is 6. The van der Waals surface area contributed by atoms with Crippen molar-refractivity contribution in [1.82, 2.24) is 0 Å². The Balaban J connectivity index is 3.94. The number of hydrogen-bond donors (Lipinski definition) is 0. The van der Waals surface area contributed by atoms with Crippen LogP contribution in [0.3, 0.4) is 0 Å². The van der Waals surface area contributed by atoms with Gasteiger partial charge in [-0.05, 0) is 49.4 Å². The minimum atomic E-state index is -3.66. The standard InChI is InChI=1S/C15H25IO6P2/c1-6-20-24(21-7-2,22-8-3)15(23(17,18-4)19-5)13-11-9-10-12-14(13)16/h9-12H,6-8H2,1-5H3. The fraction of sp³-hybridized carbons (Fsp3) is 0.533. The summed E-state index contributed by atoms with van der Waals surface area (Å²) in [4.78, 5) is 0. The predicted molar refractivity (Wildman–Crippen MR) is 107 cm³/mol. The summed E-state index contributed by atoms with van der Waals surface area (Å²) < 4.78 is 42.6. The Hall–Kier alpha value is 0.280. The van der Waals surface area contributed by atoms with E-state index in [0.29, 0.717) is 30.4 Å². The molecule has 0 unspecified atom stereocenters. The first-order valence-corrected chi connectivity index (χ1v) is 11.8. The topological polar surface area (TPSA) is 63.2 Å². The van der Waals surface area contributed by atoms with Crippen molar-refractivity contribution in [2.24, 2.45) is 0 Å². The van der Waals surface area contributed by atoms with Crippen molar-refractivity contribution in [3.05, 3.63) is 33.4 Å². The molecule has 6 nitrogen and oxygen atoms in total. The average Bonchev–Trinajstić information content (AvgIpc) is 2.57. The summed E-state index contributed by atoms with van der Waals surface area (Å²) in [7, 11) is -4.08. The zero-order chi connectivity index (χ0) is 18.2. The second kappa shape index (κ2) is 10.4. The van der Waals surface area contributed by atoms with Gasteiger partial charge in [0.25, 0.3) is 7.57 Å². The van der Waals surface area contributed by atoms with Gasteiger partial charge in [-0.3, -0.25) is 4.57 Å². The van der Waals surface area contributed by atoms with Gasteiger partial charge in [-0.15, -0.1) is 0 Å². The molecule has 1 aromatic rings. The monoisotopic (exact) mass is 490 g/mol. The van der Waals surface area contributed by atoms with Gasteiger partial charge in [0, 0.05) is 23.4 Å². The Morgan fingerprint density at radius 2 is 1.42 bits per heavy atom. The highest BCUT2D eigenvalue weighted by atomic mass is 127. The summed E-state index contributed by atoms with van der Waals surface area (Å²) in [5.74, 6) is 0. The minimum absolute atomic E-state index is 0.315. The van der Waals surface area contributed by atoms with Gasteiger partial charge in [-0.25, -0.2) is 0 Å². The highest BCUT2D eigenvalue weighted by Gasteiger charge is 2.42. The maximum absolute atomic E-state index is 13.4. The lowest BCUT2D eigenvalue weighted by Crippen LogP contribution is -2.16. The minimum Gasteiger partial charge on any atom is -0.317 e. The molecule has 0 aliphatic carbocycles. The van der Waals surface area contributed by atoms with Crippen molar-refractivity contribution < 1.29 is 27.2 Å². The summed E-state index contributed by atoms with van der Waals surface area (Å²) in [6.07, 6.45) is 0. The Morgan fingerprint density at radius 1 is 0.958 bits per heavy atom. The zero-order valence-corrected chi connectivity index (χ0v) is 18.6. The van der Waals surface area contributed by atoms with Gasteiger partial charge in [-0.2, -0.15) is 0 Å². The van der Waals surface area contributed by atoms with Crippen LogP contribution in [0.25, 0.3) is 0 Å². The van der Waals surface area contributed by atoms with Gasteiger partial charge in [-0.1, -0.05) is 18.2 Å². The van der Waals surface area contributed by atoms with E-state index in [1.807, 2.05) is 45.0 Å². The van der Waals surface area contributed by atoms with Gasteiger partial charge >= 0.3 is 7.60 Å². The summed E-state index contributed by atoms with van der Waals surface area (Å²) in [6, 6.07) is 7.50. The van der Waals surface area contributed by atoms with Crippen LogP contribution in [0, 0.1) is 3.57 Å². The largest absolute Gasteiger partial charge is 0.368 e. The molecule has 0 bridgehead atoms. The first-order valence-electron chi connectivity index (χ1n) is 7.61. The fourth-order valence-electron chi connectivity index (χ4n) is 2.14. The van der Waals surface area contributed by atoms with Crippen LogP contribution >= 0.6 is 37.8 Å². The molecule has 138 valence electrons. The quantitative estimate of drug-likeness (QED) is 0.335. The molecule has 0 saturated heterocycles. The molecule has 0 atom stereocenters. The van der Waals surface area contributed by atoms with Crippen LogP contribution in [0.2, 0.25) is 0 Å². The van der Waals surface area contributed by atoms with E-state index in [1.165, 1.54) is 14.2 Å². The highest BCUT2D eigenvalue weighted by Crippen LogP contribution is 2.65. The second-order valence-corrected chi connectivity index (χ2v) is 10.3. The van der Waals surface area contributed by atoms with E-state index in [4.69, 9.17) is 22.6 Å². The second-order valence-electron chi connectivity index (χ2n) is 4.42. The molecule has 0 aromatic heterocycles. The van der Waals surface area contributed by atoms with Crippen molar-refractivity contribution in [3.63, 3.8) is 0 Å². The van der Waals surface area contributed by atoms with Gasteiger partial charge in [0.05, 0.1) is 19.8 Å². The van der Waals surface area contributed by atoms with E-state index in [2.05, 4.69) is 22.6 Å². The third-order valence-electron chi connectivity index (χ3n) is 3.01. The fourth-order valence-corrected chi connectivity index (χ4v) is 8.52. The van der Waals surface area contributed by atoms with Gasteiger partial charge in [0.1, 0.15) is 5.03 Å². The molecule has 0 spiro atoms.